The zero-order valence-corrected chi connectivity index (χ0v) is 12.8. The molecule has 0 saturated heterocycles. The zero-order chi connectivity index (χ0) is 16.7. The topological polar surface area (TPSA) is 89.9 Å². The van der Waals surface area contributed by atoms with E-state index >= 15 is 0 Å². The maximum absolute atomic E-state index is 12.7. The first-order valence-electron chi connectivity index (χ1n) is 7.30. The summed E-state index contributed by atoms with van der Waals surface area (Å²) in [4.78, 5) is 36.8. The summed E-state index contributed by atoms with van der Waals surface area (Å²) in [6.07, 6.45) is -0.940. The molecule has 0 unspecified atom stereocenters. The van der Waals surface area contributed by atoms with Crippen molar-refractivity contribution in [2.45, 2.75) is 32.0 Å². The molecule has 1 heterocycles. The van der Waals surface area contributed by atoms with E-state index in [1.54, 1.807) is 6.92 Å². The molecule has 0 fully saturated rings. The maximum atomic E-state index is 12.7. The average Bonchev–Trinajstić information content (AvgIpc) is 2.51. The van der Waals surface area contributed by atoms with Crippen molar-refractivity contribution in [1.29, 1.82) is 0 Å². The van der Waals surface area contributed by atoms with E-state index in [4.69, 9.17) is 4.74 Å². The number of Topliss-reactive ketones (excluding diaryl/α,β-unsaturated/α-hetero) is 2. The molecular formula is C17H16O6. The number of phenolic OH excluding ortho intramolecular Hbond substituents is 1. The number of aromatic hydroxyl groups is 1. The number of ketones is 2. The van der Waals surface area contributed by atoms with Gasteiger partial charge in [0.2, 0.25) is 0 Å². The fourth-order valence-corrected chi connectivity index (χ4v) is 3.18. The Labute approximate surface area is 132 Å². The molecule has 6 nitrogen and oxygen atoms in total. The van der Waals surface area contributed by atoms with E-state index < -0.39 is 24.0 Å². The van der Waals surface area contributed by atoms with Crippen LogP contribution in [0.4, 0.5) is 0 Å². The van der Waals surface area contributed by atoms with Crippen molar-refractivity contribution >= 4 is 17.5 Å². The van der Waals surface area contributed by atoms with Crippen LogP contribution < -0.4 is 0 Å². The number of hydrogen-bond acceptors (Lipinski definition) is 6. The summed E-state index contributed by atoms with van der Waals surface area (Å²) in [5.41, 5.74) is 0.851. The highest BCUT2D eigenvalue weighted by molar-refractivity contribution is 6.28. The lowest BCUT2D eigenvalue weighted by Crippen LogP contribution is -2.38. The normalized spacial score (nSPS) is 23.4. The molecule has 0 bridgehead atoms. The first-order chi connectivity index (χ1) is 10.9. The van der Waals surface area contributed by atoms with Crippen LogP contribution in [0.2, 0.25) is 0 Å². The third kappa shape index (κ3) is 2.45. The smallest absolute Gasteiger partial charge is 0.308 e. The van der Waals surface area contributed by atoms with Gasteiger partial charge in [0, 0.05) is 23.1 Å². The Balaban J connectivity index is 2.02. The molecule has 6 heteroatoms. The summed E-state index contributed by atoms with van der Waals surface area (Å²) in [7, 11) is 1.29. The highest BCUT2D eigenvalue weighted by Crippen LogP contribution is 2.39. The molecule has 2 aliphatic rings. The van der Waals surface area contributed by atoms with Crippen LogP contribution in [-0.4, -0.2) is 42.0 Å². The standard InChI is InChI=1S/C17H16O6/c1-8-14-11(6-9(23-8)7-13(19)22-2)16(20)10-4-3-5-12(18)15(10)17(14)21/h3-5,8-9,18H,6-7H2,1-2H3/t8-,9+/m0/s1. The van der Waals surface area contributed by atoms with E-state index in [0.717, 1.165) is 0 Å². The molecule has 23 heavy (non-hydrogen) atoms. The predicted octanol–water partition coefficient (Wildman–Crippen LogP) is 1.81. The van der Waals surface area contributed by atoms with Crippen molar-refractivity contribution in [1.82, 2.24) is 0 Å². The maximum Gasteiger partial charge on any atom is 0.308 e. The number of hydrogen-bond donors (Lipinski definition) is 1. The molecule has 1 aromatic rings. The van der Waals surface area contributed by atoms with E-state index in [1.165, 1.54) is 25.3 Å². The summed E-state index contributed by atoms with van der Waals surface area (Å²) in [6.45, 7) is 1.66. The van der Waals surface area contributed by atoms with Gasteiger partial charge in [-0.3, -0.25) is 14.4 Å². The van der Waals surface area contributed by atoms with Gasteiger partial charge in [0.25, 0.3) is 0 Å². The Morgan fingerprint density at radius 3 is 2.78 bits per heavy atom. The number of ether oxygens (including phenoxy) is 2. The second-order valence-corrected chi connectivity index (χ2v) is 5.63. The number of methoxy groups -OCH3 is 1. The second kappa shape index (κ2) is 5.62. The van der Waals surface area contributed by atoms with Crippen LogP contribution in [0.3, 0.4) is 0 Å². The number of fused-ring (bicyclic) bond motifs is 1. The van der Waals surface area contributed by atoms with E-state index in [2.05, 4.69) is 4.74 Å². The molecule has 1 N–H and O–H groups in total. The molecular weight excluding hydrogens is 300 g/mol. The van der Waals surface area contributed by atoms with Crippen molar-refractivity contribution < 1.29 is 29.0 Å². The number of benzene rings is 1. The highest BCUT2D eigenvalue weighted by Gasteiger charge is 2.41. The largest absolute Gasteiger partial charge is 0.507 e. The average molecular weight is 316 g/mol. The molecule has 3 rings (SSSR count). The van der Waals surface area contributed by atoms with E-state index in [9.17, 15) is 19.5 Å². The third-order valence-corrected chi connectivity index (χ3v) is 4.21. The third-order valence-electron chi connectivity index (χ3n) is 4.21. The summed E-state index contributed by atoms with van der Waals surface area (Å²) in [5, 5.41) is 9.93. The van der Waals surface area contributed by atoms with Crippen LogP contribution in [0.25, 0.3) is 0 Å². The first-order valence-corrected chi connectivity index (χ1v) is 7.30. The van der Waals surface area contributed by atoms with E-state index in [-0.39, 0.29) is 41.1 Å². The van der Waals surface area contributed by atoms with Gasteiger partial charge in [-0.25, -0.2) is 0 Å². The van der Waals surface area contributed by atoms with Crippen molar-refractivity contribution in [3.63, 3.8) is 0 Å². The molecule has 120 valence electrons. The van der Waals surface area contributed by atoms with Crippen LogP contribution >= 0.6 is 0 Å². The second-order valence-electron chi connectivity index (χ2n) is 5.63. The molecule has 0 amide bonds. The Hall–Kier alpha value is -2.47. The lowest BCUT2D eigenvalue weighted by Gasteiger charge is -2.33. The van der Waals surface area contributed by atoms with Crippen molar-refractivity contribution in [3.8, 4) is 5.75 Å². The Morgan fingerprint density at radius 1 is 1.35 bits per heavy atom. The van der Waals surface area contributed by atoms with Gasteiger partial charge in [-0.05, 0) is 13.0 Å². The summed E-state index contributed by atoms with van der Waals surface area (Å²) < 4.78 is 10.3. The fraction of sp³-hybridized carbons (Fsp3) is 0.353. The van der Waals surface area contributed by atoms with Crippen LogP contribution in [0.15, 0.2) is 29.3 Å². The molecule has 0 saturated carbocycles. The molecule has 2 atom stereocenters. The summed E-state index contributed by atoms with van der Waals surface area (Å²) >= 11 is 0. The van der Waals surface area contributed by atoms with Gasteiger partial charge in [-0.1, -0.05) is 12.1 Å². The monoisotopic (exact) mass is 316 g/mol. The number of esters is 1. The van der Waals surface area contributed by atoms with Gasteiger partial charge in [-0.15, -0.1) is 0 Å². The molecule has 1 aliphatic carbocycles. The number of rotatable bonds is 2. The van der Waals surface area contributed by atoms with Crippen LogP contribution in [0, 0.1) is 0 Å². The highest BCUT2D eigenvalue weighted by atomic mass is 16.5. The van der Waals surface area contributed by atoms with Crippen LogP contribution in [0.5, 0.6) is 5.75 Å². The SMILES string of the molecule is COC(=O)C[C@H]1CC2=C(C(=O)c3c(O)cccc3C2=O)[C@H](C)O1. The van der Waals surface area contributed by atoms with Gasteiger partial charge in [0.1, 0.15) is 5.75 Å². The molecule has 0 radical (unpaired) electrons. The Kier molecular flexibility index (Phi) is 3.77. The molecule has 0 spiro atoms. The van der Waals surface area contributed by atoms with Crippen molar-refractivity contribution in [2.75, 3.05) is 7.11 Å². The van der Waals surface area contributed by atoms with Gasteiger partial charge < -0.3 is 14.6 Å². The van der Waals surface area contributed by atoms with Gasteiger partial charge in [-0.2, -0.15) is 0 Å². The lowest BCUT2D eigenvalue weighted by molar-refractivity contribution is -0.144. The lowest BCUT2D eigenvalue weighted by atomic mass is 9.78. The minimum Gasteiger partial charge on any atom is -0.507 e. The van der Waals surface area contributed by atoms with Gasteiger partial charge in [0.05, 0.1) is 31.3 Å². The van der Waals surface area contributed by atoms with Crippen LogP contribution in [-0.2, 0) is 14.3 Å². The molecule has 1 aliphatic heterocycles. The Morgan fingerprint density at radius 2 is 2.09 bits per heavy atom. The number of phenols is 1. The van der Waals surface area contributed by atoms with E-state index in [1.807, 2.05) is 0 Å². The number of carbonyl (C=O) groups excluding carboxylic acids is 3. The van der Waals surface area contributed by atoms with Crippen molar-refractivity contribution in [3.05, 3.63) is 40.5 Å². The summed E-state index contributed by atoms with van der Waals surface area (Å²) in [5.74, 6) is -1.33. The molecule has 1 aromatic carbocycles. The van der Waals surface area contributed by atoms with E-state index in [0.29, 0.717) is 5.57 Å². The Bertz CT molecular complexity index is 745. The zero-order valence-electron chi connectivity index (χ0n) is 12.8. The summed E-state index contributed by atoms with van der Waals surface area (Å²) in [6, 6.07) is 4.43. The minimum absolute atomic E-state index is 0.0198. The van der Waals surface area contributed by atoms with Crippen LogP contribution in [0.1, 0.15) is 40.5 Å². The number of carbonyl (C=O) groups is 3. The fourth-order valence-electron chi connectivity index (χ4n) is 3.18. The minimum atomic E-state index is -0.627. The first kappa shape index (κ1) is 15.4. The van der Waals surface area contributed by atoms with Gasteiger partial charge in [0.15, 0.2) is 11.6 Å². The van der Waals surface area contributed by atoms with Crippen molar-refractivity contribution in [2.24, 2.45) is 0 Å². The quantitative estimate of drug-likeness (QED) is 0.837. The van der Waals surface area contributed by atoms with Gasteiger partial charge >= 0.3 is 5.97 Å². The molecule has 0 aromatic heterocycles. The predicted molar refractivity (Wildman–Crippen MR) is 79.4 cm³/mol.